The van der Waals surface area contributed by atoms with Gasteiger partial charge in [-0.1, -0.05) is 23.2 Å². The van der Waals surface area contributed by atoms with E-state index in [1.54, 1.807) is 18.2 Å². The van der Waals surface area contributed by atoms with Gasteiger partial charge < -0.3 is 4.74 Å². The van der Waals surface area contributed by atoms with Gasteiger partial charge in [-0.25, -0.2) is 0 Å². The molecule has 0 aliphatic carbocycles. The lowest BCUT2D eigenvalue weighted by Crippen LogP contribution is -1.96. The number of hydrogen-bond donors (Lipinski definition) is 0. The van der Waals surface area contributed by atoms with E-state index in [-0.39, 0.29) is 22.2 Å². The number of carbonyl (C=O) groups excluding carboxylic acids is 1. The number of benzene rings is 2. The van der Waals surface area contributed by atoms with Crippen LogP contribution < -0.4 is 4.74 Å². The van der Waals surface area contributed by atoms with E-state index in [1.807, 2.05) is 6.92 Å². The molecule has 0 saturated heterocycles. The first kappa shape index (κ1) is 14.0. The van der Waals surface area contributed by atoms with Crippen LogP contribution in [0, 0.1) is 17.0 Å². The summed E-state index contributed by atoms with van der Waals surface area (Å²) in [4.78, 5) is 21.4. The smallest absolute Gasteiger partial charge is 0.313 e. The molecule has 5 nitrogen and oxygen atoms in total. The lowest BCUT2D eigenvalue weighted by molar-refractivity contribution is -0.385. The molecule has 2 rings (SSSR count). The Labute approximate surface area is 119 Å². The molecular formula is C14H10ClNO4. The highest BCUT2D eigenvalue weighted by Gasteiger charge is 2.17. The zero-order valence-electron chi connectivity index (χ0n) is 10.5. The fourth-order valence-corrected chi connectivity index (χ4v) is 1.86. The third-order valence-electron chi connectivity index (χ3n) is 2.63. The van der Waals surface area contributed by atoms with Gasteiger partial charge in [-0.05, 0) is 31.2 Å². The monoisotopic (exact) mass is 291 g/mol. The summed E-state index contributed by atoms with van der Waals surface area (Å²) in [6.07, 6.45) is 0.643. The molecule has 0 amide bonds. The van der Waals surface area contributed by atoms with Gasteiger partial charge in [0.1, 0.15) is 5.75 Å². The van der Waals surface area contributed by atoms with Crippen molar-refractivity contribution in [3.8, 4) is 11.5 Å². The molecule has 0 N–H and O–H groups in total. The lowest BCUT2D eigenvalue weighted by Gasteiger charge is -2.09. The molecule has 0 spiro atoms. The quantitative estimate of drug-likeness (QED) is 0.482. The predicted octanol–water partition coefficient (Wildman–Crippen LogP) is 4.16. The molecule has 0 bridgehead atoms. The number of aldehydes is 1. The Bertz CT molecular complexity index is 685. The summed E-state index contributed by atoms with van der Waals surface area (Å²) in [5.74, 6) is 0.294. The summed E-state index contributed by atoms with van der Waals surface area (Å²) in [7, 11) is 0. The van der Waals surface area contributed by atoms with Gasteiger partial charge in [0.2, 0.25) is 5.75 Å². The van der Waals surface area contributed by atoms with Crippen LogP contribution in [0.3, 0.4) is 0 Å². The van der Waals surface area contributed by atoms with Crippen molar-refractivity contribution in [1.29, 1.82) is 0 Å². The second-order valence-corrected chi connectivity index (χ2v) is 4.57. The van der Waals surface area contributed by atoms with Crippen LogP contribution in [0.5, 0.6) is 11.5 Å². The third-order valence-corrected chi connectivity index (χ3v) is 2.86. The molecule has 0 atom stereocenters. The first-order valence-corrected chi connectivity index (χ1v) is 6.06. The average Bonchev–Trinajstić information content (AvgIpc) is 2.42. The van der Waals surface area contributed by atoms with Gasteiger partial charge >= 0.3 is 5.69 Å². The van der Waals surface area contributed by atoms with Crippen molar-refractivity contribution < 1.29 is 14.5 Å². The molecule has 0 saturated carbocycles. The van der Waals surface area contributed by atoms with Crippen molar-refractivity contribution in [3.05, 3.63) is 62.7 Å². The number of carbonyl (C=O) groups is 1. The fraction of sp³-hybridized carbons (Fsp3) is 0.0714. The minimum absolute atomic E-state index is 0.0337. The van der Waals surface area contributed by atoms with Crippen molar-refractivity contribution in [3.63, 3.8) is 0 Å². The van der Waals surface area contributed by atoms with Gasteiger partial charge in [-0.3, -0.25) is 14.9 Å². The predicted molar refractivity (Wildman–Crippen MR) is 74.7 cm³/mol. The molecule has 0 aliphatic rings. The van der Waals surface area contributed by atoms with Crippen LogP contribution in [0.4, 0.5) is 5.69 Å². The highest BCUT2D eigenvalue weighted by molar-refractivity contribution is 6.30. The minimum atomic E-state index is -0.587. The van der Waals surface area contributed by atoms with E-state index in [9.17, 15) is 14.9 Å². The summed E-state index contributed by atoms with van der Waals surface area (Å²) < 4.78 is 5.47. The van der Waals surface area contributed by atoms with Gasteiger partial charge in [0.25, 0.3) is 0 Å². The molecule has 20 heavy (non-hydrogen) atoms. The van der Waals surface area contributed by atoms with Crippen LogP contribution in [-0.4, -0.2) is 11.2 Å². The molecule has 0 aromatic heterocycles. The van der Waals surface area contributed by atoms with Crippen LogP contribution in [0.2, 0.25) is 5.02 Å². The van der Waals surface area contributed by atoms with Gasteiger partial charge in [-0.15, -0.1) is 0 Å². The molecule has 2 aromatic rings. The van der Waals surface area contributed by atoms with Crippen LogP contribution >= 0.6 is 11.6 Å². The van der Waals surface area contributed by atoms with E-state index in [4.69, 9.17) is 16.3 Å². The number of nitrogens with zero attached hydrogens (tertiary/aromatic N) is 1. The van der Waals surface area contributed by atoms with Gasteiger partial charge in [0.05, 0.1) is 10.5 Å². The topological polar surface area (TPSA) is 69.4 Å². The number of ether oxygens (including phenoxy) is 1. The Morgan fingerprint density at radius 3 is 2.55 bits per heavy atom. The number of hydrogen-bond acceptors (Lipinski definition) is 4. The normalized spacial score (nSPS) is 10.1. The molecular weight excluding hydrogens is 282 g/mol. The van der Waals surface area contributed by atoms with Crippen molar-refractivity contribution in [2.75, 3.05) is 0 Å². The Kier molecular flexibility index (Phi) is 4.00. The minimum Gasteiger partial charge on any atom is -0.449 e. The van der Waals surface area contributed by atoms with E-state index in [0.717, 1.165) is 5.56 Å². The number of nitro benzene ring substituents is 1. The molecule has 0 radical (unpaired) electrons. The van der Waals surface area contributed by atoms with Crippen molar-refractivity contribution in [1.82, 2.24) is 0 Å². The maximum atomic E-state index is 11.0. The molecule has 0 heterocycles. The van der Waals surface area contributed by atoms with Crippen LogP contribution in [0.1, 0.15) is 15.9 Å². The van der Waals surface area contributed by atoms with Crippen molar-refractivity contribution in [2.24, 2.45) is 0 Å². The first-order valence-electron chi connectivity index (χ1n) is 5.69. The third kappa shape index (κ3) is 2.95. The van der Waals surface area contributed by atoms with Crippen molar-refractivity contribution in [2.45, 2.75) is 6.92 Å². The van der Waals surface area contributed by atoms with E-state index in [1.165, 1.54) is 18.2 Å². The Balaban J connectivity index is 2.45. The second-order valence-electron chi connectivity index (χ2n) is 4.13. The summed E-state index contributed by atoms with van der Waals surface area (Å²) in [6.45, 7) is 1.83. The standard InChI is InChI=1S/C14H10ClNO4/c1-9-2-4-13(10(6-9)8-17)20-14-5-3-11(15)7-12(14)16(18)19/h2-8H,1H3. The van der Waals surface area contributed by atoms with E-state index in [2.05, 4.69) is 0 Å². The Hall–Kier alpha value is -2.40. The summed E-state index contributed by atoms with van der Waals surface area (Å²) in [5, 5.41) is 11.2. The Morgan fingerprint density at radius 2 is 1.90 bits per heavy atom. The number of aryl methyl sites for hydroxylation is 1. The SMILES string of the molecule is Cc1ccc(Oc2ccc(Cl)cc2[N+](=O)[O-])c(C=O)c1. The number of nitro groups is 1. The molecule has 102 valence electrons. The fourth-order valence-electron chi connectivity index (χ4n) is 1.69. The lowest BCUT2D eigenvalue weighted by atomic mass is 10.1. The maximum Gasteiger partial charge on any atom is 0.313 e. The van der Waals surface area contributed by atoms with Crippen LogP contribution in [0.25, 0.3) is 0 Å². The second kappa shape index (κ2) is 5.71. The summed E-state index contributed by atoms with van der Waals surface area (Å²) >= 11 is 5.73. The maximum absolute atomic E-state index is 11.0. The molecule has 0 unspecified atom stereocenters. The van der Waals surface area contributed by atoms with Crippen molar-refractivity contribution >= 4 is 23.6 Å². The summed E-state index contributed by atoms with van der Waals surface area (Å²) in [5.41, 5.74) is 0.967. The van der Waals surface area contributed by atoms with Crippen LogP contribution in [-0.2, 0) is 0 Å². The highest BCUT2D eigenvalue weighted by atomic mass is 35.5. The van der Waals surface area contributed by atoms with E-state index >= 15 is 0 Å². The zero-order valence-corrected chi connectivity index (χ0v) is 11.3. The Morgan fingerprint density at radius 1 is 1.20 bits per heavy atom. The molecule has 0 fully saturated rings. The van der Waals surface area contributed by atoms with E-state index < -0.39 is 4.92 Å². The first-order chi connectivity index (χ1) is 9.51. The molecule has 0 aliphatic heterocycles. The van der Waals surface area contributed by atoms with Crippen LogP contribution in [0.15, 0.2) is 36.4 Å². The average molecular weight is 292 g/mol. The van der Waals surface area contributed by atoms with Gasteiger partial charge in [-0.2, -0.15) is 0 Å². The van der Waals surface area contributed by atoms with E-state index in [0.29, 0.717) is 11.8 Å². The van der Waals surface area contributed by atoms with Gasteiger partial charge in [0.15, 0.2) is 6.29 Å². The number of halogens is 1. The molecule has 2 aromatic carbocycles. The summed E-state index contributed by atoms with van der Waals surface area (Å²) in [6, 6.07) is 9.07. The highest BCUT2D eigenvalue weighted by Crippen LogP contribution is 2.34. The zero-order chi connectivity index (χ0) is 14.7. The molecule has 6 heteroatoms. The largest absolute Gasteiger partial charge is 0.449 e. The van der Waals surface area contributed by atoms with Gasteiger partial charge in [0, 0.05) is 11.1 Å². The number of rotatable bonds is 4.